The summed E-state index contributed by atoms with van der Waals surface area (Å²) in [7, 11) is 0. The summed E-state index contributed by atoms with van der Waals surface area (Å²) in [6.45, 7) is 1.62. The Labute approximate surface area is 106 Å². The SMILES string of the molecule is C[C@@H](C(N)=O)n1nnc(-c2ccc(Br)cc2)n1. The monoisotopic (exact) mass is 295 g/mol. The largest absolute Gasteiger partial charge is 0.368 e. The maximum atomic E-state index is 11.0. The summed E-state index contributed by atoms with van der Waals surface area (Å²) in [4.78, 5) is 12.2. The van der Waals surface area contributed by atoms with Crippen LogP contribution in [0.25, 0.3) is 11.4 Å². The average Bonchev–Trinajstić information content (AvgIpc) is 2.78. The van der Waals surface area contributed by atoms with Crippen LogP contribution in [0.2, 0.25) is 0 Å². The molecule has 0 spiro atoms. The van der Waals surface area contributed by atoms with Crippen LogP contribution >= 0.6 is 15.9 Å². The predicted octanol–water partition coefficient (Wildman–Crippen LogP) is 1.15. The molecule has 17 heavy (non-hydrogen) atoms. The van der Waals surface area contributed by atoms with Crippen molar-refractivity contribution in [3.8, 4) is 11.4 Å². The number of tetrazole rings is 1. The van der Waals surface area contributed by atoms with E-state index in [2.05, 4.69) is 31.3 Å². The van der Waals surface area contributed by atoms with Crippen LogP contribution in [-0.2, 0) is 4.79 Å². The number of rotatable bonds is 3. The van der Waals surface area contributed by atoms with E-state index < -0.39 is 11.9 Å². The Kier molecular flexibility index (Phi) is 3.19. The molecule has 0 aliphatic heterocycles. The van der Waals surface area contributed by atoms with E-state index in [1.54, 1.807) is 6.92 Å². The van der Waals surface area contributed by atoms with Crippen LogP contribution in [0.1, 0.15) is 13.0 Å². The molecule has 0 unspecified atom stereocenters. The number of carbonyl (C=O) groups excluding carboxylic acids is 1. The number of halogens is 1. The lowest BCUT2D eigenvalue weighted by Gasteiger charge is -2.02. The number of carbonyl (C=O) groups is 1. The molecule has 6 nitrogen and oxygen atoms in total. The fraction of sp³-hybridized carbons (Fsp3) is 0.200. The number of hydrogen-bond acceptors (Lipinski definition) is 4. The molecule has 1 amide bonds. The molecule has 1 atom stereocenters. The molecule has 0 aliphatic carbocycles. The van der Waals surface area contributed by atoms with Gasteiger partial charge in [-0.3, -0.25) is 4.79 Å². The zero-order valence-electron chi connectivity index (χ0n) is 9.04. The Bertz CT molecular complexity index is 536. The third-order valence-electron chi connectivity index (χ3n) is 2.29. The van der Waals surface area contributed by atoms with Crippen LogP contribution < -0.4 is 5.73 Å². The lowest BCUT2D eigenvalue weighted by Crippen LogP contribution is -2.25. The van der Waals surface area contributed by atoms with Crippen LogP contribution in [-0.4, -0.2) is 26.1 Å². The van der Waals surface area contributed by atoms with Crippen LogP contribution in [0.5, 0.6) is 0 Å². The molecule has 2 N–H and O–H groups in total. The van der Waals surface area contributed by atoms with Crippen molar-refractivity contribution in [1.82, 2.24) is 20.2 Å². The number of nitrogens with two attached hydrogens (primary N) is 1. The Morgan fingerprint density at radius 1 is 1.41 bits per heavy atom. The predicted molar refractivity (Wildman–Crippen MR) is 64.9 cm³/mol. The van der Waals surface area contributed by atoms with E-state index in [1.165, 1.54) is 4.80 Å². The standard InChI is InChI=1S/C10H10BrN5O/c1-6(9(12)17)16-14-10(13-15-16)7-2-4-8(11)5-3-7/h2-6H,1H3,(H2,12,17)/t6-/m0/s1. The first-order chi connectivity index (χ1) is 8.08. The topological polar surface area (TPSA) is 86.7 Å². The smallest absolute Gasteiger partial charge is 0.243 e. The second-order valence-electron chi connectivity index (χ2n) is 3.52. The van der Waals surface area contributed by atoms with Crippen molar-refractivity contribution in [3.63, 3.8) is 0 Å². The van der Waals surface area contributed by atoms with Gasteiger partial charge in [-0.25, -0.2) is 0 Å². The molecule has 1 aromatic carbocycles. The third kappa shape index (κ3) is 2.50. The number of primary amides is 1. The lowest BCUT2D eigenvalue weighted by molar-refractivity contribution is -0.121. The minimum atomic E-state index is -0.605. The van der Waals surface area contributed by atoms with Crippen molar-refractivity contribution in [2.75, 3.05) is 0 Å². The number of hydrogen-bond donors (Lipinski definition) is 1. The minimum absolute atomic E-state index is 0.464. The molecule has 1 heterocycles. The molecule has 0 fully saturated rings. The van der Waals surface area contributed by atoms with Crippen molar-refractivity contribution >= 4 is 21.8 Å². The minimum Gasteiger partial charge on any atom is -0.368 e. The highest BCUT2D eigenvalue weighted by atomic mass is 79.9. The summed E-state index contributed by atoms with van der Waals surface area (Å²) >= 11 is 3.34. The number of benzene rings is 1. The molecular weight excluding hydrogens is 286 g/mol. The van der Waals surface area contributed by atoms with E-state index in [4.69, 9.17) is 5.73 Å². The quantitative estimate of drug-likeness (QED) is 0.920. The van der Waals surface area contributed by atoms with Gasteiger partial charge in [0.2, 0.25) is 11.7 Å². The van der Waals surface area contributed by atoms with Crippen molar-refractivity contribution in [2.45, 2.75) is 13.0 Å². The van der Waals surface area contributed by atoms with E-state index in [1.807, 2.05) is 24.3 Å². The van der Waals surface area contributed by atoms with Gasteiger partial charge in [0.05, 0.1) is 0 Å². The average molecular weight is 296 g/mol. The molecule has 88 valence electrons. The fourth-order valence-electron chi connectivity index (χ4n) is 1.22. The van der Waals surface area contributed by atoms with E-state index in [-0.39, 0.29) is 0 Å². The summed E-state index contributed by atoms with van der Waals surface area (Å²) in [5.41, 5.74) is 5.99. The number of amides is 1. The molecule has 7 heteroatoms. The normalized spacial score (nSPS) is 12.4. The summed E-state index contributed by atoms with van der Waals surface area (Å²) in [5.74, 6) is -0.0321. The van der Waals surface area contributed by atoms with Gasteiger partial charge in [-0.05, 0) is 36.4 Å². The maximum absolute atomic E-state index is 11.0. The van der Waals surface area contributed by atoms with Gasteiger partial charge in [-0.15, -0.1) is 10.2 Å². The first-order valence-electron chi connectivity index (χ1n) is 4.92. The Morgan fingerprint density at radius 3 is 2.65 bits per heavy atom. The highest BCUT2D eigenvalue weighted by Gasteiger charge is 2.15. The van der Waals surface area contributed by atoms with E-state index in [0.717, 1.165) is 10.0 Å². The van der Waals surface area contributed by atoms with Gasteiger partial charge in [-0.2, -0.15) is 4.80 Å². The Balaban J connectivity index is 2.29. The second-order valence-corrected chi connectivity index (χ2v) is 4.43. The number of aromatic nitrogens is 4. The van der Waals surface area contributed by atoms with E-state index in [9.17, 15) is 4.79 Å². The molecule has 0 aliphatic rings. The summed E-state index contributed by atoms with van der Waals surface area (Å²) in [5, 5.41) is 11.8. The maximum Gasteiger partial charge on any atom is 0.243 e. The van der Waals surface area contributed by atoms with Gasteiger partial charge in [0.15, 0.2) is 0 Å². The van der Waals surface area contributed by atoms with Gasteiger partial charge < -0.3 is 5.73 Å². The highest BCUT2D eigenvalue weighted by molar-refractivity contribution is 9.10. The van der Waals surface area contributed by atoms with Crippen molar-refractivity contribution in [3.05, 3.63) is 28.7 Å². The van der Waals surface area contributed by atoms with Crippen molar-refractivity contribution in [1.29, 1.82) is 0 Å². The van der Waals surface area contributed by atoms with Crippen LogP contribution in [0.3, 0.4) is 0 Å². The second kappa shape index (κ2) is 4.62. The zero-order valence-corrected chi connectivity index (χ0v) is 10.6. The highest BCUT2D eigenvalue weighted by Crippen LogP contribution is 2.17. The third-order valence-corrected chi connectivity index (χ3v) is 2.82. The van der Waals surface area contributed by atoms with Gasteiger partial charge in [0, 0.05) is 10.0 Å². The van der Waals surface area contributed by atoms with Crippen molar-refractivity contribution < 1.29 is 4.79 Å². The van der Waals surface area contributed by atoms with Gasteiger partial charge in [0.1, 0.15) is 6.04 Å². The molecule has 0 saturated heterocycles. The van der Waals surface area contributed by atoms with Crippen molar-refractivity contribution in [2.24, 2.45) is 5.73 Å². The molecule has 2 rings (SSSR count). The summed E-state index contributed by atoms with van der Waals surface area (Å²) in [6, 6.07) is 6.88. The molecular formula is C10H10BrN5O. The molecule has 2 aromatic rings. The fourth-order valence-corrected chi connectivity index (χ4v) is 1.48. The van der Waals surface area contributed by atoms with Gasteiger partial charge in [-0.1, -0.05) is 15.9 Å². The Hall–Kier alpha value is -1.76. The lowest BCUT2D eigenvalue weighted by atomic mass is 10.2. The van der Waals surface area contributed by atoms with Crippen LogP contribution in [0, 0.1) is 0 Å². The van der Waals surface area contributed by atoms with E-state index in [0.29, 0.717) is 5.82 Å². The van der Waals surface area contributed by atoms with E-state index >= 15 is 0 Å². The van der Waals surface area contributed by atoms with Gasteiger partial charge >= 0.3 is 0 Å². The first kappa shape index (κ1) is 11.7. The van der Waals surface area contributed by atoms with Gasteiger partial charge in [0.25, 0.3) is 0 Å². The molecule has 0 radical (unpaired) electrons. The molecule has 0 saturated carbocycles. The van der Waals surface area contributed by atoms with Crippen LogP contribution in [0.15, 0.2) is 28.7 Å². The number of nitrogens with zero attached hydrogens (tertiary/aromatic N) is 4. The molecule has 1 aromatic heterocycles. The Morgan fingerprint density at radius 2 is 2.06 bits per heavy atom. The summed E-state index contributed by atoms with van der Waals surface area (Å²) in [6.07, 6.45) is 0. The van der Waals surface area contributed by atoms with Crippen LogP contribution in [0.4, 0.5) is 0 Å². The molecule has 0 bridgehead atoms. The summed E-state index contributed by atoms with van der Waals surface area (Å²) < 4.78 is 0.971. The first-order valence-corrected chi connectivity index (χ1v) is 5.72. The zero-order chi connectivity index (χ0) is 12.4.